The highest BCUT2D eigenvalue weighted by Crippen LogP contribution is 2.39. The predicted octanol–water partition coefficient (Wildman–Crippen LogP) is 1.22. The van der Waals surface area contributed by atoms with Gasteiger partial charge in [-0.25, -0.2) is 0 Å². The van der Waals surface area contributed by atoms with E-state index in [0.717, 1.165) is 11.1 Å². The fourth-order valence-electron chi connectivity index (χ4n) is 2.55. The Kier molecular flexibility index (Phi) is 6.39. The first-order valence-electron chi connectivity index (χ1n) is 7.82. The second kappa shape index (κ2) is 7.36. The lowest BCUT2D eigenvalue weighted by Crippen LogP contribution is -3.00. The Morgan fingerprint density at radius 3 is 1.96 bits per heavy atom. The molecule has 0 bridgehead atoms. The van der Waals surface area contributed by atoms with Gasteiger partial charge in [0, 0.05) is 16.7 Å². The second-order valence-corrected chi connectivity index (χ2v) is 8.80. The number of carbonyl (C=O) groups excluding carboxylic acids is 1. The van der Waals surface area contributed by atoms with Gasteiger partial charge < -0.3 is 22.1 Å². The van der Waals surface area contributed by atoms with Gasteiger partial charge in [0.25, 0.3) is 0 Å². The van der Waals surface area contributed by atoms with Crippen LogP contribution < -0.4 is 21.5 Å². The Morgan fingerprint density at radius 2 is 1.58 bits per heavy atom. The van der Waals surface area contributed by atoms with Crippen LogP contribution in [0.25, 0.3) is 0 Å². The van der Waals surface area contributed by atoms with E-state index < -0.39 is 0 Å². The van der Waals surface area contributed by atoms with Crippen molar-refractivity contribution in [2.24, 2.45) is 0 Å². The van der Waals surface area contributed by atoms with Crippen LogP contribution in [0.4, 0.5) is 0 Å². The molecule has 0 saturated carbocycles. The van der Waals surface area contributed by atoms with Gasteiger partial charge in [0.1, 0.15) is 5.75 Å². The molecule has 5 heteroatoms. The van der Waals surface area contributed by atoms with Crippen molar-refractivity contribution in [2.75, 3.05) is 0 Å². The molecule has 0 aliphatic heterocycles. The molecule has 2 rings (SSSR count). The van der Waals surface area contributed by atoms with Crippen LogP contribution in [0.2, 0.25) is 0 Å². The Bertz CT molecular complexity index is 675. The first kappa shape index (κ1) is 20.8. The molecule has 0 fully saturated rings. The fourth-order valence-corrected chi connectivity index (χ4v) is 3.15. The van der Waals surface area contributed by atoms with E-state index in [1.165, 1.54) is 0 Å². The lowest BCUT2D eigenvalue weighted by molar-refractivity contribution is -0.678. The summed E-state index contributed by atoms with van der Waals surface area (Å²) < 4.78 is 1.88. The topological polar surface area (TPSA) is 41.2 Å². The summed E-state index contributed by atoms with van der Waals surface area (Å²) in [4.78, 5) is 12.7. The van der Waals surface area contributed by atoms with E-state index in [2.05, 4.69) is 41.5 Å². The Hall–Kier alpha value is -1.20. The Morgan fingerprint density at radius 1 is 1.08 bits per heavy atom. The molecule has 0 aliphatic carbocycles. The summed E-state index contributed by atoms with van der Waals surface area (Å²) in [5, 5.41) is 12.7. The van der Waals surface area contributed by atoms with E-state index in [1.54, 1.807) is 11.3 Å². The summed E-state index contributed by atoms with van der Waals surface area (Å²) in [5.74, 6) is 0.370. The number of ketones is 1. The highest BCUT2D eigenvalue weighted by atomic mass is 79.9. The van der Waals surface area contributed by atoms with Crippen LogP contribution in [-0.4, -0.2) is 10.9 Å². The lowest BCUT2D eigenvalue weighted by Gasteiger charge is -2.27. The summed E-state index contributed by atoms with van der Waals surface area (Å²) >= 11 is 1.56. The first-order chi connectivity index (χ1) is 10.5. The molecule has 0 atom stereocenters. The highest BCUT2D eigenvalue weighted by Gasteiger charge is 2.28. The first-order valence-corrected chi connectivity index (χ1v) is 8.77. The van der Waals surface area contributed by atoms with Crippen molar-refractivity contribution in [1.29, 1.82) is 0 Å². The molecule has 0 unspecified atom stereocenters. The van der Waals surface area contributed by atoms with E-state index in [-0.39, 0.29) is 33.6 Å². The number of nitrogens with zero attached hydrogens (tertiary/aromatic N) is 1. The standard InChI is InChI=1S/C19H25NO2S.BrH/c1-18(2,3)14-9-13(10-15(17(14)22)19(4,5)6)16(21)11-20-7-8-23-12-20;/h7-10,12H,11H2,1-6H3;1H. The van der Waals surface area contributed by atoms with Gasteiger partial charge in [-0.15, -0.1) is 0 Å². The van der Waals surface area contributed by atoms with Gasteiger partial charge >= 0.3 is 0 Å². The summed E-state index contributed by atoms with van der Waals surface area (Å²) in [5.41, 5.74) is 3.78. The largest absolute Gasteiger partial charge is 1.00 e. The van der Waals surface area contributed by atoms with Crippen molar-refractivity contribution >= 4 is 17.1 Å². The molecule has 0 spiro atoms. The molecular formula is C19H26BrNO2S. The minimum absolute atomic E-state index is 0. The fraction of sp³-hybridized carbons (Fsp3) is 0.474. The van der Waals surface area contributed by atoms with Gasteiger partial charge in [0.15, 0.2) is 6.20 Å². The maximum Gasteiger partial charge on any atom is 0.227 e. The number of Topliss-reactive ketones (excluding diaryl/α,β-unsaturated/α-hetero) is 1. The van der Waals surface area contributed by atoms with Crippen LogP contribution >= 0.6 is 11.3 Å². The Labute approximate surface area is 159 Å². The van der Waals surface area contributed by atoms with Crippen molar-refractivity contribution in [1.82, 2.24) is 0 Å². The van der Waals surface area contributed by atoms with Crippen LogP contribution in [0.15, 0.2) is 29.2 Å². The van der Waals surface area contributed by atoms with Crippen molar-refractivity contribution in [2.45, 2.75) is 58.9 Å². The van der Waals surface area contributed by atoms with Crippen molar-refractivity contribution < 1.29 is 31.4 Å². The second-order valence-electron chi connectivity index (χ2n) is 8.04. The van der Waals surface area contributed by atoms with E-state index >= 15 is 0 Å². The van der Waals surface area contributed by atoms with Gasteiger partial charge in [-0.1, -0.05) is 52.9 Å². The number of phenolic OH excluding ortho intramolecular Hbond substituents is 1. The molecule has 0 radical (unpaired) electrons. The quantitative estimate of drug-likeness (QED) is 0.609. The number of thiazole rings is 1. The van der Waals surface area contributed by atoms with E-state index in [1.807, 2.05) is 33.8 Å². The number of carbonyl (C=O) groups is 1. The predicted molar refractivity (Wildman–Crippen MR) is 94.4 cm³/mol. The molecule has 24 heavy (non-hydrogen) atoms. The molecule has 0 amide bonds. The van der Waals surface area contributed by atoms with Gasteiger partial charge in [-0.05, 0) is 23.0 Å². The van der Waals surface area contributed by atoms with Gasteiger partial charge in [0.05, 0.1) is 5.38 Å². The average Bonchev–Trinajstić information content (AvgIpc) is 2.88. The van der Waals surface area contributed by atoms with E-state index in [9.17, 15) is 9.90 Å². The van der Waals surface area contributed by atoms with E-state index in [0.29, 0.717) is 17.9 Å². The third kappa shape index (κ3) is 4.67. The SMILES string of the molecule is CC(C)(C)c1cc(C(=O)C[n+]2ccsc2)cc(C(C)(C)C)c1O.[Br-]. The normalized spacial score (nSPS) is 11.9. The number of aromatic hydroxyl groups is 1. The maximum absolute atomic E-state index is 12.7. The van der Waals surface area contributed by atoms with Crippen molar-refractivity contribution in [3.05, 3.63) is 45.9 Å². The minimum atomic E-state index is -0.226. The molecule has 0 aliphatic rings. The number of hydrogen-bond acceptors (Lipinski definition) is 3. The molecule has 1 N–H and O–H groups in total. The van der Waals surface area contributed by atoms with E-state index in [4.69, 9.17) is 0 Å². The smallest absolute Gasteiger partial charge is 0.227 e. The van der Waals surface area contributed by atoms with Crippen LogP contribution in [0.5, 0.6) is 5.75 Å². The van der Waals surface area contributed by atoms with Crippen LogP contribution in [0.1, 0.15) is 63.0 Å². The van der Waals surface area contributed by atoms with Crippen molar-refractivity contribution in [3.8, 4) is 5.75 Å². The van der Waals surface area contributed by atoms with Crippen LogP contribution in [-0.2, 0) is 17.4 Å². The number of benzene rings is 1. The molecule has 1 heterocycles. The monoisotopic (exact) mass is 411 g/mol. The Balaban J connectivity index is 0.00000288. The lowest BCUT2D eigenvalue weighted by atomic mass is 9.78. The zero-order valence-corrected chi connectivity index (χ0v) is 17.6. The number of aromatic nitrogens is 1. The van der Waals surface area contributed by atoms with Crippen LogP contribution in [0, 0.1) is 0 Å². The van der Waals surface area contributed by atoms with Gasteiger partial charge in [-0.2, -0.15) is 4.57 Å². The number of hydrogen-bond donors (Lipinski definition) is 1. The summed E-state index contributed by atoms with van der Waals surface area (Å²) in [6.07, 6.45) is 1.90. The molecule has 2 aromatic rings. The molecular weight excluding hydrogens is 386 g/mol. The minimum Gasteiger partial charge on any atom is -1.00 e. The highest BCUT2D eigenvalue weighted by molar-refractivity contribution is 7.07. The molecule has 1 aromatic heterocycles. The number of phenols is 1. The zero-order chi connectivity index (χ0) is 17.4. The molecule has 132 valence electrons. The van der Waals surface area contributed by atoms with Gasteiger partial charge in [-0.3, -0.25) is 4.79 Å². The maximum atomic E-state index is 12.7. The number of halogens is 1. The third-order valence-electron chi connectivity index (χ3n) is 3.90. The average molecular weight is 412 g/mol. The molecule has 1 aromatic carbocycles. The van der Waals surface area contributed by atoms with Gasteiger partial charge in [0.2, 0.25) is 17.8 Å². The zero-order valence-electron chi connectivity index (χ0n) is 15.2. The van der Waals surface area contributed by atoms with Crippen LogP contribution in [0.3, 0.4) is 0 Å². The summed E-state index contributed by atoms with van der Waals surface area (Å²) in [6, 6.07) is 3.69. The summed E-state index contributed by atoms with van der Waals surface area (Å²) in [7, 11) is 0. The molecule has 3 nitrogen and oxygen atoms in total. The molecule has 0 saturated heterocycles. The van der Waals surface area contributed by atoms with Crippen molar-refractivity contribution in [3.63, 3.8) is 0 Å². The third-order valence-corrected chi connectivity index (χ3v) is 4.57. The summed E-state index contributed by atoms with van der Waals surface area (Å²) in [6.45, 7) is 12.6. The number of rotatable bonds is 3.